The fourth-order valence-electron chi connectivity index (χ4n) is 5.00. The van der Waals surface area contributed by atoms with Crippen LogP contribution in [0.25, 0.3) is 11.0 Å². The van der Waals surface area contributed by atoms with Gasteiger partial charge in [-0.25, -0.2) is 14.0 Å². The van der Waals surface area contributed by atoms with Crippen LogP contribution in [0.4, 0.5) is 4.39 Å². The minimum Gasteiger partial charge on any atom is -0.463 e. The van der Waals surface area contributed by atoms with Crippen molar-refractivity contribution in [2.45, 2.75) is 51.4 Å². The monoisotopic (exact) mass is 515 g/mol. The average Bonchev–Trinajstić information content (AvgIpc) is 3.44. The van der Waals surface area contributed by atoms with Crippen LogP contribution in [0.5, 0.6) is 0 Å². The van der Waals surface area contributed by atoms with Crippen molar-refractivity contribution < 1.29 is 37.7 Å². The van der Waals surface area contributed by atoms with Crippen molar-refractivity contribution in [2.24, 2.45) is 11.8 Å². The minimum atomic E-state index is -0.626. The Morgan fingerprint density at radius 1 is 1.08 bits per heavy atom. The fraction of sp³-hybridized carbons (Fsp3) is 0.500. The standard InChI is InChI=1S/C18H19FN2O5.C8H11NO2/c1-2-24-16(22)5-6-17(23)26-21-9-7-12(8-10-21)18-14-4-3-13(19)11-15(14)25-20-18;10-7-5-3-1-2-4-6(5)8(11)9-7/h3-6,11-12H,2,7-10H2,1H3;5-6H,1-4H2,(H,9,10,11)/b6-5+;. The lowest BCUT2D eigenvalue weighted by molar-refractivity contribution is -0.189. The van der Waals surface area contributed by atoms with Gasteiger partial charge in [-0.15, -0.1) is 5.06 Å². The molecule has 2 amide bonds. The summed E-state index contributed by atoms with van der Waals surface area (Å²) in [6.07, 6.45) is 7.53. The van der Waals surface area contributed by atoms with Crippen molar-refractivity contribution in [3.05, 3.63) is 41.9 Å². The number of amides is 2. The number of ether oxygens (including phenoxy) is 1. The van der Waals surface area contributed by atoms with E-state index >= 15 is 0 Å². The summed E-state index contributed by atoms with van der Waals surface area (Å²) >= 11 is 0. The summed E-state index contributed by atoms with van der Waals surface area (Å²) in [5, 5.41) is 8.82. The van der Waals surface area contributed by atoms with E-state index in [0.29, 0.717) is 31.5 Å². The van der Waals surface area contributed by atoms with Crippen molar-refractivity contribution in [1.29, 1.82) is 0 Å². The summed E-state index contributed by atoms with van der Waals surface area (Å²) in [6.45, 7) is 2.98. The van der Waals surface area contributed by atoms with Gasteiger partial charge < -0.3 is 14.1 Å². The Bertz CT molecular complexity index is 1160. The number of carbonyl (C=O) groups excluding carboxylic acids is 4. The molecule has 198 valence electrons. The molecule has 3 aliphatic rings. The van der Waals surface area contributed by atoms with Crippen LogP contribution in [-0.4, -0.2) is 53.7 Å². The van der Waals surface area contributed by atoms with Gasteiger partial charge in [0.15, 0.2) is 5.58 Å². The Kier molecular flexibility index (Phi) is 8.65. The van der Waals surface area contributed by atoms with Crippen LogP contribution in [0.15, 0.2) is 34.9 Å². The van der Waals surface area contributed by atoms with Crippen LogP contribution in [0, 0.1) is 17.7 Å². The van der Waals surface area contributed by atoms with Gasteiger partial charge in [-0.2, -0.15) is 0 Å². The molecule has 0 bridgehead atoms. The van der Waals surface area contributed by atoms with Crippen LogP contribution in [0.2, 0.25) is 0 Å². The fourth-order valence-corrected chi connectivity index (χ4v) is 5.00. The zero-order chi connectivity index (χ0) is 26.4. The molecular weight excluding hydrogens is 485 g/mol. The number of benzene rings is 1. The third-order valence-electron chi connectivity index (χ3n) is 6.85. The number of imide groups is 1. The number of hydrogen-bond donors (Lipinski definition) is 1. The number of aromatic nitrogens is 1. The van der Waals surface area contributed by atoms with E-state index in [2.05, 4.69) is 10.5 Å². The lowest BCUT2D eigenvalue weighted by Crippen LogP contribution is -2.34. The molecule has 0 radical (unpaired) electrons. The van der Waals surface area contributed by atoms with Gasteiger partial charge in [0.2, 0.25) is 11.8 Å². The van der Waals surface area contributed by atoms with Crippen molar-refractivity contribution in [2.75, 3.05) is 19.7 Å². The van der Waals surface area contributed by atoms with Crippen LogP contribution in [-0.2, 0) is 28.8 Å². The number of halogens is 1. The van der Waals surface area contributed by atoms with E-state index in [0.717, 1.165) is 48.9 Å². The molecule has 2 atom stereocenters. The van der Waals surface area contributed by atoms with E-state index in [1.807, 2.05) is 0 Å². The number of nitrogens with one attached hydrogen (secondary N) is 1. The molecule has 3 heterocycles. The van der Waals surface area contributed by atoms with Crippen molar-refractivity contribution in [3.8, 4) is 0 Å². The van der Waals surface area contributed by atoms with Crippen LogP contribution < -0.4 is 5.32 Å². The van der Waals surface area contributed by atoms with E-state index in [1.54, 1.807) is 18.1 Å². The first-order chi connectivity index (χ1) is 17.9. The molecule has 1 N–H and O–H groups in total. The second-order valence-electron chi connectivity index (χ2n) is 9.26. The highest BCUT2D eigenvalue weighted by Crippen LogP contribution is 2.34. The zero-order valence-electron chi connectivity index (χ0n) is 20.6. The number of fused-ring (bicyclic) bond motifs is 2. The number of rotatable bonds is 5. The maximum Gasteiger partial charge on any atom is 0.349 e. The second kappa shape index (κ2) is 12.1. The molecule has 11 heteroatoms. The van der Waals surface area contributed by atoms with Gasteiger partial charge in [-0.3, -0.25) is 14.9 Å². The molecule has 1 aromatic heterocycles. The van der Waals surface area contributed by atoms with Crippen molar-refractivity contribution >= 4 is 34.7 Å². The van der Waals surface area contributed by atoms with Gasteiger partial charge in [0.1, 0.15) is 5.82 Å². The first-order valence-corrected chi connectivity index (χ1v) is 12.6. The summed E-state index contributed by atoms with van der Waals surface area (Å²) < 4.78 is 23.1. The molecule has 2 aliphatic heterocycles. The van der Waals surface area contributed by atoms with E-state index in [4.69, 9.17) is 14.1 Å². The quantitative estimate of drug-likeness (QED) is 0.363. The maximum absolute atomic E-state index is 13.2. The molecule has 5 rings (SSSR count). The summed E-state index contributed by atoms with van der Waals surface area (Å²) in [7, 11) is 0. The second-order valence-corrected chi connectivity index (χ2v) is 9.26. The number of piperidine rings is 1. The molecule has 2 unspecified atom stereocenters. The smallest absolute Gasteiger partial charge is 0.349 e. The molecule has 1 aromatic carbocycles. The molecule has 2 saturated heterocycles. The molecule has 37 heavy (non-hydrogen) atoms. The molecular formula is C26H30FN3O7. The van der Waals surface area contributed by atoms with Crippen molar-refractivity contribution in [3.63, 3.8) is 0 Å². The number of carbonyl (C=O) groups is 4. The number of hydroxylamine groups is 2. The van der Waals surface area contributed by atoms with E-state index in [1.165, 1.54) is 12.1 Å². The average molecular weight is 516 g/mol. The summed E-state index contributed by atoms with van der Waals surface area (Å²) in [6, 6.07) is 4.37. The number of nitrogens with zero attached hydrogens (tertiary/aromatic N) is 2. The SMILES string of the molecule is CCOC(=O)/C=C/C(=O)ON1CCC(c2noc3cc(F)ccc23)CC1.O=C1NC(=O)C2CCCCC12. The number of hydrogen-bond acceptors (Lipinski definition) is 9. The highest BCUT2D eigenvalue weighted by molar-refractivity contribution is 6.05. The molecule has 1 aliphatic carbocycles. The molecule has 1 saturated carbocycles. The Morgan fingerprint density at radius 2 is 1.73 bits per heavy atom. The third-order valence-corrected chi connectivity index (χ3v) is 6.85. The van der Waals surface area contributed by atoms with Gasteiger partial charge >= 0.3 is 11.9 Å². The van der Waals surface area contributed by atoms with Crippen molar-refractivity contribution in [1.82, 2.24) is 15.5 Å². The van der Waals surface area contributed by atoms with Gasteiger partial charge in [0, 0.05) is 54.4 Å². The summed E-state index contributed by atoms with van der Waals surface area (Å²) in [4.78, 5) is 50.3. The number of esters is 1. The summed E-state index contributed by atoms with van der Waals surface area (Å²) in [5.74, 6) is -1.49. The van der Waals surface area contributed by atoms with E-state index in [-0.39, 0.29) is 42.0 Å². The van der Waals surface area contributed by atoms with Crippen LogP contribution in [0.3, 0.4) is 0 Å². The topological polar surface area (TPSA) is 128 Å². The Balaban J connectivity index is 0.000000241. The van der Waals surface area contributed by atoms with E-state index in [9.17, 15) is 23.6 Å². The predicted molar refractivity (Wildman–Crippen MR) is 128 cm³/mol. The Hall–Kier alpha value is -3.60. The van der Waals surface area contributed by atoms with Gasteiger partial charge in [-0.05, 0) is 44.7 Å². The Morgan fingerprint density at radius 3 is 2.38 bits per heavy atom. The minimum absolute atomic E-state index is 0.0104. The Labute approximate surface area is 213 Å². The molecule has 3 fully saturated rings. The van der Waals surface area contributed by atoms with Gasteiger partial charge in [-0.1, -0.05) is 18.0 Å². The summed E-state index contributed by atoms with van der Waals surface area (Å²) in [5.41, 5.74) is 1.23. The largest absolute Gasteiger partial charge is 0.463 e. The lowest BCUT2D eigenvalue weighted by Gasteiger charge is -2.29. The molecule has 10 nitrogen and oxygen atoms in total. The highest BCUT2D eigenvalue weighted by Gasteiger charge is 2.42. The zero-order valence-corrected chi connectivity index (χ0v) is 20.6. The van der Waals surface area contributed by atoms with Gasteiger partial charge in [0.25, 0.3) is 0 Å². The first kappa shape index (κ1) is 26.5. The van der Waals surface area contributed by atoms with E-state index < -0.39 is 11.9 Å². The molecule has 0 spiro atoms. The van der Waals surface area contributed by atoms with Gasteiger partial charge in [0.05, 0.1) is 12.3 Å². The predicted octanol–water partition coefficient (Wildman–Crippen LogP) is 3.17. The third kappa shape index (κ3) is 6.59. The highest BCUT2D eigenvalue weighted by atomic mass is 19.1. The molecule has 2 aromatic rings. The van der Waals surface area contributed by atoms with Crippen LogP contribution >= 0.6 is 0 Å². The van der Waals surface area contributed by atoms with Crippen LogP contribution in [0.1, 0.15) is 57.1 Å². The first-order valence-electron chi connectivity index (χ1n) is 12.6. The maximum atomic E-state index is 13.2. The lowest BCUT2D eigenvalue weighted by atomic mass is 9.81. The normalized spacial score (nSPS) is 22.3.